The summed E-state index contributed by atoms with van der Waals surface area (Å²) in [5.41, 5.74) is 3.21. The van der Waals surface area contributed by atoms with Gasteiger partial charge >= 0.3 is 5.63 Å². The second kappa shape index (κ2) is 10.1. The molecule has 170 valence electrons. The van der Waals surface area contributed by atoms with E-state index in [1.165, 1.54) is 4.90 Å². The number of rotatable bonds is 5. The van der Waals surface area contributed by atoms with Crippen LogP contribution in [0.2, 0.25) is 0 Å². The van der Waals surface area contributed by atoms with Gasteiger partial charge in [-0.05, 0) is 69.1 Å². The van der Waals surface area contributed by atoms with Crippen molar-refractivity contribution < 1.29 is 9.21 Å². The molecule has 0 bridgehead atoms. The number of carbonyl (C=O) groups excluding carboxylic acids is 1. The first kappa shape index (κ1) is 23.8. The normalized spacial score (nSPS) is 14.1. The van der Waals surface area contributed by atoms with Crippen molar-refractivity contribution in [2.75, 3.05) is 20.1 Å². The van der Waals surface area contributed by atoms with Crippen LogP contribution in [0, 0.1) is 13.8 Å². The molecule has 0 saturated carbocycles. The maximum Gasteiger partial charge on any atom is 0.349 e. The summed E-state index contributed by atoms with van der Waals surface area (Å²) in [7, 11) is 1.69. The minimum atomic E-state index is -0.555. The number of aryl methyl sites for hydroxylation is 2. The Balaban J connectivity index is 0.00000289. The van der Waals surface area contributed by atoms with E-state index < -0.39 is 5.63 Å². The van der Waals surface area contributed by atoms with Crippen LogP contribution in [-0.4, -0.2) is 40.7 Å². The lowest BCUT2D eigenvalue weighted by atomic mass is 9.94. The molecular formula is C24H29ClN4O3. The van der Waals surface area contributed by atoms with Gasteiger partial charge in [-0.1, -0.05) is 12.1 Å². The first-order chi connectivity index (χ1) is 14.9. The number of piperidine rings is 1. The second-order valence-corrected chi connectivity index (χ2v) is 8.31. The molecule has 7 nitrogen and oxygen atoms in total. The van der Waals surface area contributed by atoms with Crippen LogP contribution in [0.15, 0.2) is 51.9 Å². The quantitative estimate of drug-likeness (QED) is 0.634. The van der Waals surface area contributed by atoms with Crippen LogP contribution >= 0.6 is 12.4 Å². The third kappa shape index (κ3) is 5.11. The number of benzene rings is 1. The Morgan fingerprint density at radius 2 is 2.00 bits per heavy atom. The van der Waals surface area contributed by atoms with Gasteiger partial charge in [-0.15, -0.1) is 12.4 Å². The number of nitrogens with one attached hydrogen (secondary N) is 1. The van der Waals surface area contributed by atoms with Crippen molar-refractivity contribution in [3.63, 3.8) is 0 Å². The van der Waals surface area contributed by atoms with Gasteiger partial charge in [-0.25, -0.2) is 9.48 Å². The highest BCUT2D eigenvalue weighted by Gasteiger charge is 2.24. The Hall–Kier alpha value is -2.90. The second-order valence-electron chi connectivity index (χ2n) is 8.31. The zero-order valence-electron chi connectivity index (χ0n) is 18.6. The van der Waals surface area contributed by atoms with Gasteiger partial charge < -0.3 is 14.6 Å². The van der Waals surface area contributed by atoms with Gasteiger partial charge in [0.25, 0.3) is 5.91 Å². The van der Waals surface area contributed by atoms with Crippen LogP contribution in [0.25, 0.3) is 5.69 Å². The van der Waals surface area contributed by atoms with E-state index in [0.717, 1.165) is 42.7 Å². The highest BCUT2D eigenvalue weighted by molar-refractivity contribution is 5.94. The number of hydrogen-bond donors (Lipinski definition) is 1. The van der Waals surface area contributed by atoms with Gasteiger partial charge in [-0.2, -0.15) is 5.10 Å². The Morgan fingerprint density at radius 1 is 1.25 bits per heavy atom. The molecule has 0 radical (unpaired) electrons. The summed E-state index contributed by atoms with van der Waals surface area (Å²) in [6, 6.07) is 9.90. The molecule has 1 fully saturated rings. The fraction of sp³-hybridized carbons (Fsp3) is 0.375. The van der Waals surface area contributed by atoms with Gasteiger partial charge in [0, 0.05) is 31.3 Å². The lowest BCUT2D eigenvalue weighted by molar-refractivity contribution is 0.0779. The predicted molar refractivity (Wildman–Crippen MR) is 126 cm³/mol. The SMILES string of the molecule is Cc1cccc(-n2cc(CN(C)C(=O)c3c(C)cc(C4CCNCC4)oc3=O)cn2)c1.Cl. The number of carbonyl (C=O) groups is 1. The molecule has 2 aromatic heterocycles. The van der Waals surface area contributed by atoms with Crippen LogP contribution in [0.4, 0.5) is 0 Å². The third-order valence-corrected chi connectivity index (χ3v) is 5.79. The molecule has 1 N–H and O–H groups in total. The molecular weight excluding hydrogens is 428 g/mol. The average Bonchev–Trinajstić information content (AvgIpc) is 3.22. The smallest absolute Gasteiger partial charge is 0.349 e. The van der Waals surface area contributed by atoms with Crippen molar-refractivity contribution in [2.45, 2.75) is 39.2 Å². The van der Waals surface area contributed by atoms with Crippen LogP contribution in [-0.2, 0) is 6.54 Å². The molecule has 32 heavy (non-hydrogen) atoms. The van der Waals surface area contributed by atoms with Gasteiger partial charge in [0.2, 0.25) is 0 Å². The summed E-state index contributed by atoms with van der Waals surface area (Å²) in [6.45, 7) is 6.00. The third-order valence-electron chi connectivity index (χ3n) is 5.79. The van der Waals surface area contributed by atoms with E-state index >= 15 is 0 Å². The fourth-order valence-corrected chi connectivity index (χ4v) is 4.09. The molecule has 1 amide bonds. The molecule has 1 aliphatic rings. The first-order valence-corrected chi connectivity index (χ1v) is 10.6. The molecule has 1 saturated heterocycles. The molecule has 0 spiro atoms. The van der Waals surface area contributed by atoms with Crippen molar-refractivity contribution in [3.05, 3.63) is 81.2 Å². The fourth-order valence-electron chi connectivity index (χ4n) is 4.09. The van der Waals surface area contributed by atoms with Gasteiger partial charge in [0.05, 0.1) is 11.9 Å². The molecule has 8 heteroatoms. The molecule has 3 aromatic rings. The minimum absolute atomic E-state index is 0. The van der Waals surface area contributed by atoms with Crippen molar-refractivity contribution in [1.29, 1.82) is 0 Å². The highest BCUT2D eigenvalue weighted by Crippen LogP contribution is 2.25. The lowest BCUT2D eigenvalue weighted by Gasteiger charge is -2.22. The minimum Gasteiger partial charge on any atom is -0.427 e. The Kier molecular flexibility index (Phi) is 7.53. The van der Waals surface area contributed by atoms with Crippen molar-refractivity contribution in [2.24, 2.45) is 0 Å². The van der Waals surface area contributed by atoms with Crippen molar-refractivity contribution in [1.82, 2.24) is 20.0 Å². The maximum atomic E-state index is 13.0. The summed E-state index contributed by atoms with van der Waals surface area (Å²) < 4.78 is 7.36. The zero-order chi connectivity index (χ0) is 22.0. The summed E-state index contributed by atoms with van der Waals surface area (Å²) in [5.74, 6) is 0.566. The first-order valence-electron chi connectivity index (χ1n) is 10.6. The highest BCUT2D eigenvalue weighted by atomic mass is 35.5. The van der Waals surface area contributed by atoms with E-state index in [1.54, 1.807) is 24.9 Å². The van der Waals surface area contributed by atoms with Crippen molar-refractivity contribution >= 4 is 18.3 Å². The molecule has 3 heterocycles. The van der Waals surface area contributed by atoms with Crippen molar-refractivity contribution in [3.8, 4) is 5.69 Å². The Bertz CT molecular complexity index is 1150. The van der Waals surface area contributed by atoms with E-state index in [2.05, 4.69) is 10.4 Å². The molecule has 1 aromatic carbocycles. The average molecular weight is 457 g/mol. The van der Waals surface area contributed by atoms with Crippen LogP contribution < -0.4 is 10.9 Å². The van der Waals surface area contributed by atoms with E-state index in [4.69, 9.17) is 4.42 Å². The topological polar surface area (TPSA) is 80.4 Å². The van der Waals surface area contributed by atoms with Gasteiger partial charge in [0.1, 0.15) is 11.3 Å². The summed E-state index contributed by atoms with van der Waals surface area (Å²) in [6.07, 6.45) is 5.50. The molecule has 0 atom stereocenters. The standard InChI is InChI=1S/C24H28N4O3.ClH/c1-16-5-4-6-20(11-16)28-15-18(13-26-28)14-27(3)23(29)22-17(2)12-21(31-24(22)30)19-7-9-25-10-8-19;/h4-6,11-13,15,19,25H,7-10,14H2,1-3H3;1H. The number of hydrogen-bond acceptors (Lipinski definition) is 5. The monoisotopic (exact) mass is 456 g/mol. The van der Waals surface area contributed by atoms with E-state index in [-0.39, 0.29) is 29.8 Å². The van der Waals surface area contributed by atoms with Crippen LogP contribution in [0.3, 0.4) is 0 Å². The zero-order valence-corrected chi connectivity index (χ0v) is 19.4. The summed E-state index contributed by atoms with van der Waals surface area (Å²) >= 11 is 0. The van der Waals surface area contributed by atoms with Crippen LogP contribution in [0.1, 0.15) is 51.6 Å². The van der Waals surface area contributed by atoms with Gasteiger partial charge in [0.15, 0.2) is 0 Å². The summed E-state index contributed by atoms with van der Waals surface area (Å²) in [4.78, 5) is 27.2. The predicted octanol–water partition coefficient (Wildman–Crippen LogP) is 3.60. The largest absolute Gasteiger partial charge is 0.427 e. The number of aromatic nitrogens is 2. The molecule has 1 aliphatic heterocycles. The Morgan fingerprint density at radius 3 is 2.69 bits per heavy atom. The molecule has 0 unspecified atom stereocenters. The number of amides is 1. The molecule has 4 rings (SSSR count). The van der Waals surface area contributed by atoms with E-state index in [9.17, 15) is 9.59 Å². The Labute approximate surface area is 193 Å². The van der Waals surface area contributed by atoms with E-state index in [1.807, 2.05) is 43.5 Å². The van der Waals surface area contributed by atoms with E-state index in [0.29, 0.717) is 17.9 Å². The lowest BCUT2D eigenvalue weighted by Crippen LogP contribution is -2.32. The van der Waals surface area contributed by atoms with Crippen LogP contribution in [0.5, 0.6) is 0 Å². The number of halogens is 1. The maximum absolute atomic E-state index is 13.0. The molecule has 0 aliphatic carbocycles. The number of nitrogens with zero attached hydrogens (tertiary/aromatic N) is 3. The summed E-state index contributed by atoms with van der Waals surface area (Å²) in [5, 5.41) is 7.71. The van der Waals surface area contributed by atoms with Gasteiger partial charge in [-0.3, -0.25) is 4.79 Å².